The monoisotopic (exact) mass is 367 g/mol. The summed E-state index contributed by atoms with van der Waals surface area (Å²) in [5.41, 5.74) is 0. The van der Waals surface area contributed by atoms with E-state index in [0.29, 0.717) is 5.75 Å². The molecule has 0 rings (SSSR count). The zero-order chi connectivity index (χ0) is 17.2. The summed E-state index contributed by atoms with van der Waals surface area (Å²) in [5, 5.41) is 0. The van der Waals surface area contributed by atoms with E-state index in [9.17, 15) is 0 Å². The van der Waals surface area contributed by atoms with E-state index < -0.39 is 7.94 Å². The molecule has 0 unspecified atom stereocenters. The van der Waals surface area contributed by atoms with Crippen LogP contribution in [0.1, 0.15) is 96.8 Å². The van der Waals surface area contributed by atoms with E-state index in [1.165, 1.54) is 89.9 Å². The Labute approximate surface area is 149 Å². The zero-order valence-electron chi connectivity index (χ0n) is 15.2. The summed E-state index contributed by atoms with van der Waals surface area (Å²) in [7, 11) is -3.53. The molecule has 0 radical (unpaired) electrons. The van der Waals surface area contributed by atoms with Crippen LogP contribution in [-0.4, -0.2) is 32.3 Å². The Balaban J connectivity index is 3.00. The molecule has 0 aromatic heterocycles. The van der Waals surface area contributed by atoms with Gasteiger partial charge in [0.2, 0.25) is 0 Å². The topological polar surface area (TPSA) is 60.7 Å². The van der Waals surface area contributed by atoms with Gasteiger partial charge in [-0.1, -0.05) is 90.4 Å². The molecule has 0 aliphatic rings. The average Bonchev–Trinajstić information content (AvgIpc) is 2.49. The lowest BCUT2D eigenvalue weighted by molar-refractivity contribution is 0.333. The van der Waals surface area contributed by atoms with E-state index in [1.54, 1.807) is 11.8 Å². The molecule has 0 saturated carbocycles. The fourth-order valence-corrected chi connectivity index (χ4v) is 4.80. The third-order valence-electron chi connectivity index (χ3n) is 4.18. The molecule has 0 amide bonds. The van der Waals surface area contributed by atoms with Crippen molar-refractivity contribution in [1.82, 2.24) is 0 Å². The molecular formula is C18H40O3PS+. The van der Waals surface area contributed by atoms with Crippen LogP contribution in [0.3, 0.4) is 0 Å². The van der Waals surface area contributed by atoms with Crippen molar-refractivity contribution in [2.24, 2.45) is 0 Å². The van der Waals surface area contributed by atoms with Crippen LogP contribution in [0, 0.1) is 0 Å². The molecule has 0 saturated heterocycles. The second-order valence-electron chi connectivity index (χ2n) is 6.62. The lowest BCUT2D eigenvalue weighted by atomic mass is 10.0. The van der Waals surface area contributed by atoms with Crippen molar-refractivity contribution >= 4 is 19.7 Å². The lowest BCUT2D eigenvalue weighted by Gasteiger charge is -2.04. The summed E-state index contributed by atoms with van der Waals surface area (Å²) in [4.78, 5) is 26.6. The summed E-state index contributed by atoms with van der Waals surface area (Å²) >= 11 is 1.71. The molecule has 0 aliphatic heterocycles. The maximum atomic E-state index is 8.85. The smallest absolute Gasteiger partial charge is 0.193 e. The fraction of sp³-hybridized carbons (Fsp3) is 1.00. The summed E-state index contributed by atoms with van der Waals surface area (Å²) in [6.07, 6.45) is 19.4. The number of hydrogen-bond donors (Lipinski definition) is 3. The SMILES string of the molecule is CCCCCCCCCCCCCCCCSCC[P+](O)(O)O. The summed E-state index contributed by atoms with van der Waals surface area (Å²) in [5.74, 6) is 1.72. The molecule has 3 nitrogen and oxygen atoms in total. The zero-order valence-corrected chi connectivity index (χ0v) is 16.9. The molecule has 5 heteroatoms. The van der Waals surface area contributed by atoms with Crippen molar-refractivity contribution in [2.45, 2.75) is 96.8 Å². The Morgan fingerprint density at radius 1 is 0.565 bits per heavy atom. The second-order valence-corrected chi connectivity index (χ2v) is 9.68. The minimum absolute atomic E-state index is 0.135. The largest absolute Gasteiger partial charge is 0.404 e. The Morgan fingerprint density at radius 2 is 0.957 bits per heavy atom. The van der Waals surface area contributed by atoms with Gasteiger partial charge in [-0.25, -0.2) is 0 Å². The first-order chi connectivity index (χ1) is 11.1. The van der Waals surface area contributed by atoms with E-state index in [-0.39, 0.29) is 6.16 Å². The van der Waals surface area contributed by atoms with Crippen LogP contribution in [0.5, 0.6) is 0 Å². The molecule has 3 N–H and O–H groups in total. The van der Waals surface area contributed by atoms with E-state index in [1.807, 2.05) is 0 Å². The van der Waals surface area contributed by atoms with E-state index >= 15 is 0 Å². The molecule has 23 heavy (non-hydrogen) atoms. The summed E-state index contributed by atoms with van der Waals surface area (Å²) < 4.78 is 0. The predicted octanol–water partition coefficient (Wildman–Crippen LogP) is 5.94. The quantitative estimate of drug-likeness (QED) is 0.207. The van der Waals surface area contributed by atoms with Gasteiger partial charge < -0.3 is 0 Å². The van der Waals surface area contributed by atoms with Gasteiger partial charge in [-0.2, -0.15) is 26.4 Å². The minimum Gasteiger partial charge on any atom is -0.193 e. The van der Waals surface area contributed by atoms with Gasteiger partial charge in [0.25, 0.3) is 0 Å². The van der Waals surface area contributed by atoms with E-state index in [2.05, 4.69) is 6.92 Å². The van der Waals surface area contributed by atoms with E-state index in [4.69, 9.17) is 14.7 Å². The normalized spacial score (nSPS) is 12.0. The molecular weight excluding hydrogens is 327 g/mol. The van der Waals surface area contributed by atoms with Crippen molar-refractivity contribution in [2.75, 3.05) is 17.7 Å². The average molecular weight is 368 g/mol. The molecule has 0 spiro atoms. The fourth-order valence-electron chi connectivity index (χ4n) is 2.69. The van der Waals surface area contributed by atoms with Crippen molar-refractivity contribution < 1.29 is 14.7 Å². The highest BCUT2D eigenvalue weighted by molar-refractivity contribution is 7.99. The Kier molecular flexibility index (Phi) is 18.0. The third kappa shape index (κ3) is 22.7. The van der Waals surface area contributed by atoms with Gasteiger partial charge in [0.05, 0.1) is 0 Å². The van der Waals surface area contributed by atoms with Gasteiger partial charge in [0.1, 0.15) is 6.16 Å². The molecule has 0 aromatic carbocycles. The van der Waals surface area contributed by atoms with Gasteiger partial charge in [-0.15, -0.1) is 0 Å². The molecule has 0 aliphatic carbocycles. The molecule has 0 heterocycles. The maximum Gasteiger partial charge on any atom is 0.404 e. The van der Waals surface area contributed by atoms with Crippen molar-refractivity contribution in [3.8, 4) is 0 Å². The minimum atomic E-state index is -3.53. The number of unbranched alkanes of at least 4 members (excludes halogenated alkanes) is 13. The Bertz CT molecular complexity index is 235. The first-order valence-corrected chi connectivity index (χ1v) is 12.7. The highest BCUT2D eigenvalue weighted by Gasteiger charge is 2.28. The van der Waals surface area contributed by atoms with Gasteiger partial charge >= 0.3 is 7.94 Å². The first-order valence-electron chi connectivity index (χ1n) is 9.70. The maximum absolute atomic E-state index is 8.85. The van der Waals surface area contributed by atoms with Crippen LogP contribution in [0.4, 0.5) is 0 Å². The van der Waals surface area contributed by atoms with Crippen molar-refractivity contribution in [1.29, 1.82) is 0 Å². The highest BCUT2D eigenvalue weighted by atomic mass is 32.2. The van der Waals surface area contributed by atoms with E-state index in [0.717, 1.165) is 5.75 Å². The molecule has 0 fully saturated rings. The van der Waals surface area contributed by atoms with Crippen molar-refractivity contribution in [3.63, 3.8) is 0 Å². The molecule has 0 aromatic rings. The molecule has 0 bridgehead atoms. The third-order valence-corrected chi connectivity index (χ3v) is 6.37. The standard InChI is InChI=1S/C18H40O3PS/c1-2-3-4-5-6-7-8-9-10-11-12-13-14-15-17-23-18-16-22(19,20)21/h19-21H,2-18H2,1H3/q+1. The molecule has 0 atom stereocenters. The summed E-state index contributed by atoms with van der Waals surface area (Å²) in [6.45, 7) is 2.27. The van der Waals surface area contributed by atoms with Crippen LogP contribution in [0.2, 0.25) is 0 Å². The highest BCUT2D eigenvalue weighted by Crippen LogP contribution is 2.44. The van der Waals surface area contributed by atoms with Crippen molar-refractivity contribution in [3.05, 3.63) is 0 Å². The summed E-state index contributed by atoms with van der Waals surface area (Å²) in [6, 6.07) is 0. The second kappa shape index (κ2) is 17.5. The van der Waals surface area contributed by atoms with Crippen LogP contribution in [-0.2, 0) is 0 Å². The van der Waals surface area contributed by atoms with Crippen LogP contribution < -0.4 is 0 Å². The predicted molar refractivity (Wildman–Crippen MR) is 106 cm³/mol. The van der Waals surface area contributed by atoms with Gasteiger partial charge in [0, 0.05) is 5.75 Å². The Hall–Kier alpha value is 0.660. The number of thioether (sulfide) groups is 1. The van der Waals surface area contributed by atoms with Crippen LogP contribution in [0.15, 0.2) is 0 Å². The lowest BCUT2D eigenvalue weighted by Crippen LogP contribution is -1.98. The van der Waals surface area contributed by atoms with Gasteiger partial charge in [-0.3, -0.25) is 0 Å². The first kappa shape index (κ1) is 23.7. The number of hydrogen-bond acceptors (Lipinski definition) is 4. The van der Waals surface area contributed by atoms with Crippen LogP contribution in [0.25, 0.3) is 0 Å². The molecule has 140 valence electrons. The van der Waals surface area contributed by atoms with Crippen LogP contribution >= 0.6 is 19.7 Å². The van der Waals surface area contributed by atoms with Gasteiger partial charge in [-0.05, 0) is 12.2 Å². The Morgan fingerprint density at radius 3 is 1.35 bits per heavy atom. The number of rotatable bonds is 18. The van der Waals surface area contributed by atoms with Gasteiger partial charge in [0.15, 0.2) is 0 Å².